The summed E-state index contributed by atoms with van der Waals surface area (Å²) >= 11 is 3.28. The molecular formula is C28H27BrFN5O3. The van der Waals surface area contributed by atoms with Crippen molar-refractivity contribution < 1.29 is 13.9 Å². The van der Waals surface area contributed by atoms with Crippen molar-refractivity contribution >= 4 is 56.2 Å². The van der Waals surface area contributed by atoms with Crippen LogP contribution in [-0.4, -0.2) is 47.8 Å². The standard InChI is InChI=1S/C28H27BrFN5O3/c1-17-26-24(31-23-9-6-18(29)14-22(23)30)16-25(36)32(2)27(26)35(28(37)34(17)19-7-8-19)21-5-3-4-20(15-21)33-10-12-38-13-11-33/h3-6,9,14-16,19,31H,1,7-8,10-13H2,2H3. The van der Waals surface area contributed by atoms with Crippen molar-refractivity contribution in [3.05, 3.63) is 81.3 Å². The molecular weight excluding hydrogens is 553 g/mol. The highest BCUT2D eigenvalue weighted by Gasteiger charge is 2.44. The third kappa shape index (κ3) is 4.27. The molecule has 1 saturated heterocycles. The van der Waals surface area contributed by atoms with E-state index in [2.05, 4.69) is 32.7 Å². The summed E-state index contributed by atoms with van der Waals surface area (Å²) in [4.78, 5) is 32.7. The third-order valence-corrected chi connectivity index (χ3v) is 7.67. The van der Waals surface area contributed by atoms with Gasteiger partial charge in [-0.1, -0.05) is 28.6 Å². The topological polar surface area (TPSA) is 70.0 Å². The summed E-state index contributed by atoms with van der Waals surface area (Å²) < 4.78 is 22.4. The number of rotatable bonds is 5. The SMILES string of the molecule is C=C1c2c(Nc3ccc(Br)cc3F)cc(=O)n(C)c2N(c2cccc(N3CCOCC3)c2)C(=O)N1C1CC1. The summed E-state index contributed by atoms with van der Waals surface area (Å²) in [6.45, 7) is 7.07. The van der Waals surface area contributed by atoms with Crippen molar-refractivity contribution in [1.29, 1.82) is 0 Å². The average Bonchev–Trinajstić information content (AvgIpc) is 3.74. The Hall–Kier alpha value is -3.63. The number of hydrogen-bond donors (Lipinski definition) is 1. The highest BCUT2D eigenvalue weighted by Crippen LogP contribution is 2.47. The Morgan fingerprint density at radius 1 is 1.03 bits per heavy atom. The maximum Gasteiger partial charge on any atom is 0.335 e. The van der Waals surface area contributed by atoms with Crippen LogP contribution in [-0.2, 0) is 11.8 Å². The minimum atomic E-state index is -0.472. The van der Waals surface area contributed by atoms with Crippen LogP contribution in [0.15, 0.2) is 64.4 Å². The van der Waals surface area contributed by atoms with Crippen LogP contribution in [0, 0.1) is 5.82 Å². The summed E-state index contributed by atoms with van der Waals surface area (Å²) in [5.41, 5.74) is 2.95. The molecule has 6 rings (SSSR count). The lowest BCUT2D eigenvalue weighted by Gasteiger charge is -2.40. The predicted octanol–water partition coefficient (Wildman–Crippen LogP) is 5.57. The molecule has 0 bridgehead atoms. The minimum Gasteiger partial charge on any atom is -0.378 e. The molecule has 0 atom stereocenters. The van der Waals surface area contributed by atoms with Gasteiger partial charge in [0.05, 0.1) is 41.5 Å². The van der Waals surface area contributed by atoms with Gasteiger partial charge in [-0.3, -0.25) is 14.3 Å². The fourth-order valence-electron chi connectivity index (χ4n) is 5.09. The number of ether oxygens (including phenoxy) is 1. The second-order valence-electron chi connectivity index (χ2n) is 9.69. The van der Waals surface area contributed by atoms with E-state index in [1.807, 2.05) is 24.3 Å². The first kappa shape index (κ1) is 24.7. The van der Waals surface area contributed by atoms with E-state index in [0.717, 1.165) is 31.6 Å². The lowest BCUT2D eigenvalue weighted by atomic mass is 10.0. The lowest BCUT2D eigenvalue weighted by Crippen LogP contribution is -2.47. The normalized spacial score (nSPS) is 17.6. The van der Waals surface area contributed by atoms with Gasteiger partial charge in [-0.2, -0.15) is 0 Å². The number of morpholine rings is 1. The number of nitrogens with one attached hydrogen (secondary N) is 1. The van der Waals surface area contributed by atoms with Crippen molar-refractivity contribution in [3.8, 4) is 0 Å². The van der Waals surface area contributed by atoms with Crippen molar-refractivity contribution in [2.75, 3.05) is 41.4 Å². The average molecular weight is 580 g/mol. The fourth-order valence-corrected chi connectivity index (χ4v) is 5.43. The second-order valence-corrected chi connectivity index (χ2v) is 10.6. The minimum absolute atomic E-state index is 0.0302. The zero-order valence-corrected chi connectivity index (χ0v) is 22.5. The Kier molecular flexibility index (Phi) is 6.23. The fraction of sp³-hybridized carbons (Fsp3) is 0.286. The molecule has 1 aliphatic carbocycles. The van der Waals surface area contributed by atoms with Crippen molar-refractivity contribution in [2.45, 2.75) is 18.9 Å². The Bertz CT molecular complexity index is 1510. The number of amides is 2. The molecule has 2 fully saturated rings. The molecule has 2 aliphatic heterocycles. The number of nitrogens with zero attached hydrogens (tertiary/aromatic N) is 4. The number of aromatic nitrogens is 1. The lowest BCUT2D eigenvalue weighted by molar-refractivity contribution is 0.122. The zero-order chi connectivity index (χ0) is 26.6. The molecule has 196 valence electrons. The van der Waals surface area contributed by atoms with Gasteiger partial charge >= 0.3 is 6.03 Å². The van der Waals surface area contributed by atoms with E-state index in [1.54, 1.807) is 29.0 Å². The molecule has 1 saturated carbocycles. The van der Waals surface area contributed by atoms with E-state index in [9.17, 15) is 14.0 Å². The van der Waals surface area contributed by atoms with E-state index >= 15 is 0 Å². The molecule has 8 nitrogen and oxygen atoms in total. The van der Waals surface area contributed by atoms with Gasteiger partial charge in [-0.15, -0.1) is 0 Å². The quantitative estimate of drug-likeness (QED) is 0.427. The summed E-state index contributed by atoms with van der Waals surface area (Å²) in [6, 6.07) is 13.6. The number of halogens is 2. The number of carbonyl (C=O) groups excluding carboxylic acids is 1. The first-order chi connectivity index (χ1) is 18.3. The zero-order valence-electron chi connectivity index (χ0n) is 20.9. The van der Waals surface area contributed by atoms with Crippen LogP contribution in [0.3, 0.4) is 0 Å². The van der Waals surface area contributed by atoms with E-state index in [1.165, 1.54) is 16.7 Å². The van der Waals surface area contributed by atoms with Crippen LogP contribution in [0.2, 0.25) is 0 Å². The van der Waals surface area contributed by atoms with Gasteiger partial charge in [0.1, 0.15) is 11.6 Å². The molecule has 3 aromatic rings. The highest BCUT2D eigenvalue weighted by atomic mass is 79.9. The molecule has 1 N–H and O–H groups in total. The summed E-state index contributed by atoms with van der Waals surface area (Å²) in [5.74, 6) is -0.0797. The molecule has 0 spiro atoms. The molecule has 38 heavy (non-hydrogen) atoms. The number of fused-ring (bicyclic) bond motifs is 1. The maximum absolute atomic E-state index is 14.8. The highest BCUT2D eigenvalue weighted by molar-refractivity contribution is 9.10. The van der Waals surface area contributed by atoms with Crippen LogP contribution in [0.1, 0.15) is 18.4 Å². The van der Waals surface area contributed by atoms with E-state index < -0.39 is 5.82 Å². The summed E-state index contributed by atoms with van der Waals surface area (Å²) in [5, 5.41) is 3.10. The Morgan fingerprint density at radius 2 is 1.76 bits per heavy atom. The third-order valence-electron chi connectivity index (χ3n) is 7.17. The Balaban J connectivity index is 1.52. The molecule has 0 unspecified atom stereocenters. The molecule has 10 heteroatoms. The van der Waals surface area contributed by atoms with Crippen molar-refractivity contribution in [2.24, 2.45) is 7.05 Å². The molecule has 0 radical (unpaired) electrons. The van der Waals surface area contributed by atoms with Crippen LogP contribution in [0.25, 0.3) is 5.70 Å². The van der Waals surface area contributed by atoms with Gasteiger partial charge in [0.15, 0.2) is 0 Å². The van der Waals surface area contributed by atoms with Crippen LogP contribution >= 0.6 is 15.9 Å². The smallest absolute Gasteiger partial charge is 0.335 e. The number of anilines is 5. The largest absolute Gasteiger partial charge is 0.378 e. The predicted molar refractivity (Wildman–Crippen MR) is 150 cm³/mol. The van der Waals surface area contributed by atoms with Gasteiger partial charge in [-0.25, -0.2) is 14.1 Å². The van der Waals surface area contributed by atoms with Crippen LogP contribution in [0.4, 0.5) is 37.8 Å². The monoisotopic (exact) mass is 579 g/mol. The van der Waals surface area contributed by atoms with Crippen molar-refractivity contribution in [1.82, 2.24) is 9.47 Å². The molecule has 2 aromatic carbocycles. The molecule has 1 aromatic heterocycles. The number of carbonyl (C=O) groups is 1. The molecule has 3 aliphatic rings. The van der Waals surface area contributed by atoms with Gasteiger partial charge in [-0.05, 0) is 49.2 Å². The van der Waals surface area contributed by atoms with Gasteiger partial charge < -0.3 is 15.0 Å². The first-order valence-electron chi connectivity index (χ1n) is 12.5. The maximum atomic E-state index is 14.8. The number of benzene rings is 2. The first-order valence-corrected chi connectivity index (χ1v) is 13.3. The van der Waals surface area contributed by atoms with E-state index in [4.69, 9.17) is 4.74 Å². The Labute approximate surface area is 228 Å². The second kappa shape index (κ2) is 9.59. The van der Waals surface area contributed by atoms with E-state index in [-0.39, 0.29) is 23.3 Å². The number of urea groups is 1. The van der Waals surface area contributed by atoms with Crippen LogP contribution in [0.5, 0.6) is 0 Å². The van der Waals surface area contributed by atoms with Gasteiger partial charge in [0, 0.05) is 42.4 Å². The van der Waals surface area contributed by atoms with Crippen molar-refractivity contribution in [3.63, 3.8) is 0 Å². The van der Waals surface area contributed by atoms with Gasteiger partial charge in [0.2, 0.25) is 0 Å². The molecule has 3 heterocycles. The summed E-state index contributed by atoms with van der Waals surface area (Å²) in [6.07, 6.45) is 1.75. The molecule has 2 amide bonds. The van der Waals surface area contributed by atoms with E-state index in [0.29, 0.717) is 46.1 Å². The summed E-state index contributed by atoms with van der Waals surface area (Å²) in [7, 11) is 1.64. The number of hydrogen-bond acceptors (Lipinski definition) is 5. The Morgan fingerprint density at radius 3 is 2.47 bits per heavy atom. The van der Waals surface area contributed by atoms with Crippen LogP contribution < -0.4 is 20.7 Å². The van der Waals surface area contributed by atoms with Gasteiger partial charge in [0.25, 0.3) is 5.56 Å². The number of pyridine rings is 1.